The molecule has 0 radical (unpaired) electrons. The number of hydrogen-bond acceptors (Lipinski definition) is 4. The maximum absolute atomic E-state index is 12.0. The van der Waals surface area contributed by atoms with Crippen LogP contribution >= 0.6 is 0 Å². The van der Waals surface area contributed by atoms with E-state index in [-0.39, 0.29) is 12.5 Å². The lowest BCUT2D eigenvalue weighted by atomic mass is 10.0. The number of benzene rings is 1. The summed E-state index contributed by atoms with van der Waals surface area (Å²) in [5.41, 5.74) is 5.25. The number of nitrogens with one attached hydrogen (secondary N) is 1. The minimum atomic E-state index is -1.08. The second-order valence-electron chi connectivity index (χ2n) is 4.81. The highest BCUT2D eigenvalue weighted by Crippen LogP contribution is 2.12. The Morgan fingerprint density at radius 1 is 1.24 bits per heavy atom. The highest BCUT2D eigenvalue weighted by Gasteiger charge is 2.23. The quantitative estimate of drug-likeness (QED) is 0.672. The predicted molar refractivity (Wildman–Crippen MR) is 74.9 cm³/mol. The fourth-order valence-electron chi connectivity index (χ4n) is 1.60. The maximum atomic E-state index is 12.0. The normalized spacial score (nSPS) is 11.8. The molecule has 0 saturated carbocycles. The number of aliphatic carboxylic acids is 1. The summed E-state index contributed by atoms with van der Waals surface area (Å²) in [4.78, 5) is 33.6. The molecule has 0 saturated heterocycles. The van der Waals surface area contributed by atoms with Crippen LogP contribution in [0.25, 0.3) is 0 Å². The van der Waals surface area contributed by atoms with Crippen molar-refractivity contribution in [1.29, 1.82) is 0 Å². The number of primary amides is 1. The molecule has 0 heterocycles. The fraction of sp³-hybridized carbons (Fsp3) is 0.357. The fourth-order valence-corrected chi connectivity index (χ4v) is 1.60. The standard InChI is InChI=1S/C14H18N2O5/c1-8(2)12(14(19)20)16-13(18)9-3-5-10(6-4-9)21-7-11(15)17/h3-6,8,12H,7H2,1-2H3,(H2,15,17)(H,16,18)(H,19,20)/t12-/m1/s1. The van der Waals surface area contributed by atoms with Crippen LogP contribution in [0.3, 0.4) is 0 Å². The molecule has 0 aliphatic carbocycles. The summed E-state index contributed by atoms with van der Waals surface area (Å²) < 4.78 is 5.06. The Kier molecular flexibility index (Phi) is 5.71. The first-order chi connectivity index (χ1) is 9.81. The van der Waals surface area contributed by atoms with E-state index in [0.29, 0.717) is 11.3 Å². The number of carboxylic acids is 1. The van der Waals surface area contributed by atoms with Crippen molar-refractivity contribution in [2.75, 3.05) is 6.61 Å². The third-order valence-corrected chi connectivity index (χ3v) is 2.72. The van der Waals surface area contributed by atoms with E-state index in [4.69, 9.17) is 15.6 Å². The first kappa shape index (κ1) is 16.5. The van der Waals surface area contributed by atoms with E-state index in [1.807, 2.05) is 0 Å². The van der Waals surface area contributed by atoms with Crippen LogP contribution in [0.4, 0.5) is 0 Å². The number of hydrogen-bond donors (Lipinski definition) is 3. The molecular formula is C14H18N2O5. The van der Waals surface area contributed by atoms with Crippen molar-refractivity contribution in [3.63, 3.8) is 0 Å². The van der Waals surface area contributed by atoms with E-state index in [1.54, 1.807) is 13.8 Å². The Balaban J connectivity index is 2.70. The average Bonchev–Trinajstić information content (AvgIpc) is 2.42. The number of carboxylic acid groups (broad SMARTS) is 1. The molecule has 1 atom stereocenters. The molecule has 1 aromatic rings. The second-order valence-corrected chi connectivity index (χ2v) is 4.81. The highest BCUT2D eigenvalue weighted by atomic mass is 16.5. The third kappa shape index (κ3) is 5.13. The summed E-state index contributed by atoms with van der Waals surface area (Å²) in [5.74, 6) is -2.01. The van der Waals surface area contributed by atoms with Crippen molar-refractivity contribution < 1.29 is 24.2 Å². The Morgan fingerprint density at radius 3 is 2.24 bits per heavy atom. The lowest BCUT2D eigenvalue weighted by Crippen LogP contribution is -2.44. The van der Waals surface area contributed by atoms with Crippen LogP contribution in [-0.4, -0.2) is 35.5 Å². The topological polar surface area (TPSA) is 119 Å². The molecule has 7 nitrogen and oxygen atoms in total. The van der Waals surface area contributed by atoms with E-state index >= 15 is 0 Å². The third-order valence-electron chi connectivity index (χ3n) is 2.72. The van der Waals surface area contributed by atoms with Gasteiger partial charge in [0.05, 0.1) is 0 Å². The first-order valence-electron chi connectivity index (χ1n) is 6.36. The summed E-state index contributed by atoms with van der Waals surface area (Å²) in [6.45, 7) is 3.17. The van der Waals surface area contributed by atoms with Crippen LogP contribution in [-0.2, 0) is 9.59 Å². The van der Waals surface area contributed by atoms with Gasteiger partial charge in [0.25, 0.3) is 11.8 Å². The molecule has 1 aromatic carbocycles. The Labute approximate surface area is 122 Å². The molecule has 0 aliphatic rings. The zero-order valence-electron chi connectivity index (χ0n) is 11.8. The smallest absolute Gasteiger partial charge is 0.326 e. The van der Waals surface area contributed by atoms with Crippen LogP contribution in [0.1, 0.15) is 24.2 Å². The van der Waals surface area contributed by atoms with Gasteiger partial charge in [-0.2, -0.15) is 0 Å². The molecule has 114 valence electrons. The lowest BCUT2D eigenvalue weighted by Gasteiger charge is -2.17. The van der Waals surface area contributed by atoms with Crippen molar-refractivity contribution in [2.24, 2.45) is 11.7 Å². The van der Waals surface area contributed by atoms with Crippen molar-refractivity contribution in [1.82, 2.24) is 5.32 Å². The summed E-state index contributed by atoms with van der Waals surface area (Å²) in [6, 6.07) is 5.00. The molecule has 21 heavy (non-hydrogen) atoms. The molecule has 0 spiro atoms. The number of amides is 2. The second kappa shape index (κ2) is 7.28. The minimum Gasteiger partial charge on any atom is -0.484 e. The number of ether oxygens (including phenoxy) is 1. The number of carbonyl (C=O) groups excluding carboxylic acids is 2. The molecule has 4 N–H and O–H groups in total. The van der Waals surface area contributed by atoms with Crippen LogP contribution < -0.4 is 15.8 Å². The van der Waals surface area contributed by atoms with Gasteiger partial charge < -0.3 is 20.9 Å². The van der Waals surface area contributed by atoms with Crippen LogP contribution in [0.5, 0.6) is 5.75 Å². The molecule has 0 aliphatic heterocycles. The van der Waals surface area contributed by atoms with Crippen LogP contribution in [0.2, 0.25) is 0 Å². The van der Waals surface area contributed by atoms with Gasteiger partial charge in [-0.3, -0.25) is 9.59 Å². The van der Waals surface area contributed by atoms with E-state index in [0.717, 1.165) is 0 Å². The van der Waals surface area contributed by atoms with Gasteiger partial charge in [-0.1, -0.05) is 13.8 Å². The van der Waals surface area contributed by atoms with Gasteiger partial charge in [0.1, 0.15) is 11.8 Å². The van der Waals surface area contributed by atoms with E-state index < -0.39 is 23.8 Å². The van der Waals surface area contributed by atoms with E-state index in [2.05, 4.69) is 5.32 Å². The number of carbonyl (C=O) groups is 3. The zero-order chi connectivity index (χ0) is 16.0. The highest BCUT2D eigenvalue weighted by molar-refractivity contribution is 5.96. The minimum absolute atomic E-state index is 0.232. The first-order valence-corrected chi connectivity index (χ1v) is 6.36. The van der Waals surface area contributed by atoms with Gasteiger partial charge in [-0.05, 0) is 30.2 Å². The van der Waals surface area contributed by atoms with Crippen molar-refractivity contribution in [2.45, 2.75) is 19.9 Å². The molecule has 1 rings (SSSR count). The molecular weight excluding hydrogens is 276 g/mol. The largest absolute Gasteiger partial charge is 0.484 e. The molecule has 7 heteroatoms. The average molecular weight is 294 g/mol. The monoisotopic (exact) mass is 294 g/mol. The molecule has 0 aromatic heterocycles. The summed E-state index contributed by atoms with van der Waals surface area (Å²) in [7, 11) is 0. The van der Waals surface area contributed by atoms with E-state index in [1.165, 1.54) is 24.3 Å². The van der Waals surface area contributed by atoms with Crippen LogP contribution in [0, 0.1) is 5.92 Å². The van der Waals surface area contributed by atoms with Gasteiger partial charge in [-0.15, -0.1) is 0 Å². The molecule has 0 bridgehead atoms. The Morgan fingerprint density at radius 2 is 1.81 bits per heavy atom. The lowest BCUT2D eigenvalue weighted by molar-refractivity contribution is -0.140. The van der Waals surface area contributed by atoms with Crippen molar-refractivity contribution >= 4 is 17.8 Å². The molecule has 2 amide bonds. The van der Waals surface area contributed by atoms with Crippen LogP contribution in [0.15, 0.2) is 24.3 Å². The predicted octanol–water partition coefficient (Wildman–Crippen LogP) is 0.390. The summed E-state index contributed by atoms with van der Waals surface area (Å²) >= 11 is 0. The van der Waals surface area contributed by atoms with Gasteiger partial charge >= 0.3 is 5.97 Å². The van der Waals surface area contributed by atoms with Crippen molar-refractivity contribution in [3.05, 3.63) is 29.8 Å². The summed E-state index contributed by atoms with van der Waals surface area (Å²) in [6.07, 6.45) is 0. The SMILES string of the molecule is CC(C)[C@@H](NC(=O)c1ccc(OCC(N)=O)cc1)C(=O)O. The summed E-state index contributed by atoms with van der Waals surface area (Å²) in [5, 5.41) is 11.5. The van der Waals surface area contributed by atoms with E-state index in [9.17, 15) is 14.4 Å². The molecule has 0 fully saturated rings. The Hall–Kier alpha value is -2.57. The van der Waals surface area contributed by atoms with Gasteiger partial charge in [0.15, 0.2) is 6.61 Å². The number of rotatable bonds is 7. The number of nitrogens with two attached hydrogens (primary N) is 1. The van der Waals surface area contributed by atoms with Gasteiger partial charge in [0, 0.05) is 5.56 Å². The Bertz CT molecular complexity index is 525. The maximum Gasteiger partial charge on any atom is 0.326 e. The van der Waals surface area contributed by atoms with Gasteiger partial charge in [0.2, 0.25) is 0 Å². The zero-order valence-corrected chi connectivity index (χ0v) is 11.8. The molecule has 0 unspecified atom stereocenters. The van der Waals surface area contributed by atoms with Gasteiger partial charge in [-0.25, -0.2) is 4.79 Å². The van der Waals surface area contributed by atoms with Crippen molar-refractivity contribution in [3.8, 4) is 5.75 Å².